The Kier molecular flexibility index (Phi) is 5.41. The second-order valence-corrected chi connectivity index (χ2v) is 5.07. The van der Waals surface area contributed by atoms with E-state index in [0.717, 1.165) is 11.1 Å². The third-order valence-corrected chi connectivity index (χ3v) is 3.39. The van der Waals surface area contributed by atoms with Crippen molar-refractivity contribution in [2.45, 2.75) is 13.8 Å². The van der Waals surface area contributed by atoms with Crippen molar-refractivity contribution in [1.82, 2.24) is 0 Å². The van der Waals surface area contributed by atoms with E-state index in [1.54, 1.807) is 31.4 Å². The molecular weight excluding hydrogens is 292 g/mol. The normalized spacial score (nSPS) is 11.2. The number of benzene rings is 2. The summed E-state index contributed by atoms with van der Waals surface area (Å²) in [5.41, 5.74) is 2.73. The van der Waals surface area contributed by atoms with E-state index < -0.39 is 5.97 Å². The number of carboxylic acids is 1. The molecule has 2 aromatic rings. The topological polar surface area (TPSA) is 55.8 Å². The molecule has 0 aliphatic rings. The van der Waals surface area contributed by atoms with Crippen LogP contribution in [-0.4, -0.2) is 24.8 Å². The van der Waals surface area contributed by atoms with Crippen molar-refractivity contribution in [3.63, 3.8) is 0 Å². The molecule has 2 aromatic carbocycles. The van der Waals surface area contributed by atoms with Crippen LogP contribution in [0.25, 0.3) is 11.6 Å². The molecule has 1 N–H and O–H groups in total. The third kappa shape index (κ3) is 4.13. The minimum atomic E-state index is -0.970. The monoisotopic (exact) mass is 312 g/mol. The van der Waals surface area contributed by atoms with Crippen molar-refractivity contribution in [1.29, 1.82) is 0 Å². The SMILES string of the molecule is CCOc1cc(/C=C(\C(=O)O)c2ccc(C)cc2)ccc1OC. The second kappa shape index (κ2) is 7.49. The fraction of sp³-hybridized carbons (Fsp3) is 0.211. The van der Waals surface area contributed by atoms with E-state index in [9.17, 15) is 9.90 Å². The summed E-state index contributed by atoms with van der Waals surface area (Å²) >= 11 is 0. The first-order valence-electron chi connectivity index (χ1n) is 7.38. The maximum Gasteiger partial charge on any atom is 0.336 e. The van der Waals surface area contributed by atoms with Gasteiger partial charge in [0.1, 0.15) is 0 Å². The van der Waals surface area contributed by atoms with Crippen molar-refractivity contribution < 1.29 is 19.4 Å². The Morgan fingerprint density at radius 1 is 1.13 bits per heavy atom. The van der Waals surface area contributed by atoms with Crippen molar-refractivity contribution in [3.8, 4) is 11.5 Å². The molecule has 0 unspecified atom stereocenters. The fourth-order valence-corrected chi connectivity index (χ4v) is 2.22. The molecule has 0 fully saturated rings. The molecule has 23 heavy (non-hydrogen) atoms. The first kappa shape index (κ1) is 16.6. The smallest absolute Gasteiger partial charge is 0.336 e. The molecule has 0 saturated heterocycles. The van der Waals surface area contributed by atoms with Gasteiger partial charge in [-0.15, -0.1) is 0 Å². The van der Waals surface area contributed by atoms with Crippen LogP contribution < -0.4 is 9.47 Å². The highest BCUT2D eigenvalue weighted by molar-refractivity contribution is 6.20. The van der Waals surface area contributed by atoms with E-state index >= 15 is 0 Å². The largest absolute Gasteiger partial charge is 0.493 e. The lowest BCUT2D eigenvalue weighted by molar-refractivity contribution is -0.130. The Labute approximate surface area is 136 Å². The average molecular weight is 312 g/mol. The first-order valence-corrected chi connectivity index (χ1v) is 7.38. The van der Waals surface area contributed by atoms with Gasteiger partial charge in [-0.3, -0.25) is 0 Å². The summed E-state index contributed by atoms with van der Waals surface area (Å²) in [4.78, 5) is 11.6. The van der Waals surface area contributed by atoms with Gasteiger partial charge in [0.25, 0.3) is 0 Å². The summed E-state index contributed by atoms with van der Waals surface area (Å²) < 4.78 is 10.8. The highest BCUT2D eigenvalue weighted by atomic mass is 16.5. The van der Waals surface area contributed by atoms with Crippen LogP contribution in [0.15, 0.2) is 42.5 Å². The minimum Gasteiger partial charge on any atom is -0.493 e. The lowest BCUT2D eigenvalue weighted by Crippen LogP contribution is -2.00. The average Bonchev–Trinajstić information content (AvgIpc) is 2.54. The Hall–Kier alpha value is -2.75. The molecule has 0 bridgehead atoms. The highest BCUT2D eigenvalue weighted by Crippen LogP contribution is 2.30. The van der Waals surface area contributed by atoms with Crippen LogP contribution in [0.2, 0.25) is 0 Å². The van der Waals surface area contributed by atoms with E-state index in [1.807, 2.05) is 38.1 Å². The highest BCUT2D eigenvalue weighted by Gasteiger charge is 2.11. The van der Waals surface area contributed by atoms with Gasteiger partial charge in [0.2, 0.25) is 0 Å². The lowest BCUT2D eigenvalue weighted by atomic mass is 10.0. The van der Waals surface area contributed by atoms with Crippen molar-refractivity contribution in [2.75, 3.05) is 13.7 Å². The molecule has 0 radical (unpaired) electrons. The summed E-state index contributed by atoms with van der Waals surface area (Å²) in [6.07, 6.45) is 1.63. The van der Waals surface area contributed by atoms with Gasteiger partial charge in [-0.25, -0.2) is 4.79 Å². The number of carbonyl (C=O) groups is 1. The van der Waals surface area contributed by atoms with Crippen LogP contribution in [-0.2, 0) is 4.79 Å². The number of aryl methyl sites for hydroxylation is 1. The minimum absolute atomic E-state index is 0.234. The zero-order valence-electron chi connectivity index (χ0n) is 13.5. The third-order valence-electron chi connectivity index (χ3n) is 3.39. The molecule has 4 nitrogen and oxygen atoms in total. The summed E-state index contributed by atoms with van der Waals surface area (Å²) in [5, 5.41) is 9.51. The van der Waals surface area contributed by atoms with Gasteiger partial charge in [-0.1, -0.05) is 35.9 Å². The second-order valence-electron chi connectivity index (χ2n) is 5.07. The Bertz CT molecular complexity index is 715. The molecule has 0 heterocycles. The molecule has 0 atom stereocenters. The van der Waals surface area contributed by atoms with E-state index in [1.165, 1.54) is 0 Å². The van der Waals surface area contributed by atoms with Gasteiger partial charge in [0.15, 0.2) is 11.5 Å². The van der Waals surface area contributed by atoms with Crippen molar-refractivity contribution in [3.05, 3.63) is 59.2 Å². The number of hydrogen-bond acceptors (Lipinski definition) is 3. The quantitative estimate of drug-likeness (QED) is 0.646. The van der Waals surface area contributed by atoms with E-state index in [2.05, 4.69) is 0 Å². The Morgan fingerprint density at radius 3 is 2.39 bits per heavy atom. The van der Waals surface area contributed by atoms with Crippen LogP contribution >= 0.6 is 0 Å². The van der Waals surface area contributed by atoms with Gasteiger partial charge >= 0.3 is 5.97 Å². The van der Waals surface area contributed by atoms with E-state index in [4.69, 9.17) is 9.47 Å². The van der Waals surface area contributed by atoms with Crippen LogP contribution in [0.1, 0.15) is 23.6 Å². The summed E-state index contributed by atoms with van der Waals surface area (Å²) in [6.45, 7) is 4.36. The predicted molar refractivity (Wildman–Crippen MR) is 90.8 cm³/mol. The molecule has 120 valence electrons. The number of carboxylic acid groups (broad SMARTS) is 1. The number of ether oxygens (including phenoxy) is 2. The summed E-state index contributed by atoms with van der Waals surface area (Å²) in [6, 6.07) is 12.8. The molecule has 0 aromatic heterocycles. The molecule has 0 aliphatic carbocycles. The number of aliphatic carboxylic acids is 1. The van der Waals surface area contributed by atoms with Crippen LogP contribution in [0.3, 0.4) is 0 Å². The van der Waals surface area contributed by atoms with Crippen LogP contribution in [0.5, 0.6) is 11.5 Å². The molecule has 0 spiro atoms. The Balaban J connectivity index is 2.45. The summed E-state index contributed by atoms with van der Waals surface area (Å²) in [5.74, 6) is 0.247. The molecule has 0 aliphatic heterocycles. The van der Waals surface area contributed by atoms with E-state index in [0.29, 0.717) is 23.7 Å². The van der Waals surface area contributed by atoms with Crippen molar-refractivity contribution in [2.24, 2.45) is 0 Å². The number of methoxy groups -OCH3 is 1. The van der Waals surface area contributed by atoms with Gasteiger partial charge in [-0.2, -0.15) is 0 Å². The van der Waals surface area contributed by atoms with Crippen LogP contribution in [0.4, 0.5) is 0 Å². The lowest BCUT2D eigenvalue weighted by Gasteiger charge is -2.10. The van der Waals surface area contributed by atoms with Gasteiger partial charge in [-0.05, 0) is 43.2 Å². The molecule has 4 heteroatoms. The van der Waals surface area contributed by atoms with Gasteiger partial charge in [0, 0.05) is 0 Å². The van der Waals surface area contributed by atoms with Crippen molar-refractivity contribution >= 4 is 17.6 Å². The first-order chi connectivity index (χ1) is 11.0. The van der Waals surface area contributed by atoms with E-state index in [-0.39, 0.29) is 5.57 Å². The summed E-state index contributed by atoms with van der Waals surface area (Å²) in [7, 11) is 1.57. The molecule has 0 saturated carbocycles. The zero-order valence-corrected chi connectivity index (χ0v) is 13.5. The molecular formula is C19H20O4. The predicted octanol–water partition coefficient (Wildman–Crippen LogP) is 4.03. The maximum atomic E-state index is 11.6. The number of hydrogen-bond donors (Lipinski definition) is 1. The number of rotatable bonds is 6. The zero-order chi connectivity index (χ0) is 16.8. The standard InChI is InChI=1S/C19H20O4/c1-4-23-18-12-14(7-10-17(18)22-3)11-16(19(20)21)15-8-5-13(2)6-9-15/h5-12H,4H2,1-3H3,(H,20,21)/b16-11-. The van der Waals surface area contributed by atoms with Gasteiger partial charge in [0.05, 0.1) is 19.3 Å². The fourth-order valence-electron chi connectivity index (χ4n) is 2.22. The maximum absolute atomic E-state index is 11.6. The van der Waals surface area contributed by atoms with Gasteiger partial charge < -0.3 is 14.6 Å². The Morgan fingerprint density at radius 2 is 1.83 bits per heavy atom. The van der Waals surface area contributed by atoms with Crippen LogP contribution in [0, 0.1) is 6.92 Å². The molecule has 0 amide bonds. The molecule has 2 rings (SSSR count).